The number of rotatable bonds is 3. The maximum atomic E-state index is 7.93. The van der Waals surface area contributed by atoms with E-state index >= 15 is 0 Å². The summed E-state index contributed by atoms with van der Waals surface area (Å²) < 4.78 is 6.47. The molecule has 1 aromatic rings. The largest absolute Gasteiger partial charge is 0.360 e. The molecule has 3 nitrogen and oxygen atoms in total. The first-order valence-corrected chi connectivity index (χ1v) is 7.60. The second kappa shape index (κ2) is 6.25. The third-order valence-electron chi connectivity index (χ3n) is 3.26. The van der Waals surface area contributed by atoms with E-state index < -0.39 is 0 Å². The molecule has 0 spiro atoms. The van der Waals surface area contributed by atoms with Crippen molar-refractivity contribution in [1.29, 1.82) is 5.41 Å². The monoisotopic (exact) mass is 344 g/mol. The van der Waals surface area contributed by atoms with Gasteiger partial charge < -0.3 is 15.5 Å². The van der Waals surface area contributed by atoms with Crippen LogP contribution in [0.15, 0.2) is 10.5 Å². The Balaban J connectivity index is 2.35. The molecule has 1 aliphatic rings. The molecule has 5 heteroatoms. The van der Waals surface area contributed by atoms with E-state index in [1.165, 1.54) is 6.42 Å². The Labute approximate surface area is 127 Å². The van der Waals surface area contributed by atoms with Crippen LogP contribution in [0.4, 0.5) is 5.69 Å². The zero-order valence-corrected chi connectivity index (χ0v) is 13.5. The molecular formula is C14H18BrClN2O. The molecule has 0 aliphatic carbocycles. The molecule has 0 radical (unpaired) electrons. The van der Waals surface area contributed by atoms with Crippen LogP contribution in [-0.2, 0) is 4.74 Å². The fourth-order valence-electron chi connectivity index (χ4n) is 2.26. The van der Waals surface area contributed by atoms with Gasteiger partial charge in [-0.15, -0.1) is 0 Å². The minimum Gasteiger partial charge on any atom is -0.360 e. The Morgan fingerprint density at radius 1 is 1.53 bits per heavy atom. The van der Waals surface area contributed by atoms with Crippen molar-refractivity contribution in [2.24, 2.45) is 0 Å². The summed E-state index contributed by atoms with van der Waals surface area (Å²) in [7, 11) is 0. The summed E-state index contributed by atoms with van der Waals surface area (Å²) in [4.78, 5) is 0. The van der Waals surface area contributed by atoms with Crippen LogP contribution in [0.5, 0.6) is 0 Å². The summed E-state index contributed by atoms with van der Waals surface area (Å²) in [6.45, 7) is 4.52. The Morgan fingerprint density at radius 3 is 2.84 bits per heavy atom. The predicted octanol–water partition coefficient (Wildman–Crippen LogP) is 4.74. The molecule has 1 atom stereocenters. The zero-order valence-electron chi connectivity index (χ0n) is 11.1. The summed E-state index contributed by atoms with van der Waals surface area (Å²) >= 11 is 9.73. The molecule has 1 aliphatic heterocycles. The van der Waals surface area contributed by atoms with Gasteiger partial charge in [0.1, 0.15) is 6.23 Å². The molecule has 0 bridgehead atoms. The summed E-state index contributed by atoms with van der Waals surface area (Å²) in [6.07, 6.45) is 3.32. The van der Waals surface area contributed by atoms with Crippen LogP contribution in [-0.4, -0.2) is 18.5 Å². The lowest BCUT2D eigenvalue weighted by atomic mass is 10.0. The molecule has 2 N–H and O–H groups in total. The van der Waals surface area contributed by atoms with Crippen LogP contribution >= 0.6 is 27.5 Å². The number of ether oxygens (including phenoxy) is 1. The maximum absolute atomic E-state index is 7.93. The molecule has 1 saturated heterocycles. The van der Waals surface area contributed by atoms with Crippen molar-refractivity contribution in [1.82, 2.24) is 0 Å². The molecule has 2 rings (SSSR count). The van der Waals surface area contributed by atoms with Crippen molar-refractivity contribution in [2.45, 2.75) is 39.3 Å². The number of benzene rings is 1. The third-order valence-corrected chi connectivity index (χ3v) is 4.77. The molecule has 0 amide bonds. The van der Waals surface area contributed by atoms with Crippen LogP contribution in [0.25, 0.3) is 0 Å². The summed E-state index contributed by atoms with van der Waals surface area (Å²) in [5.41, 5.74) is 3.18. The van der Waals surface area contributed by atoms with E-state index in [-0.39, 0.29) is 6.23 Å². The van der Waals surface area contributed by atoms with Gasteiger partial charge in [-0.05, 0) is 60.7 Å². The normalized spacial score (nSPS) is 19.3. The minimum absolute atomic E-state index is 0.0272. The molecule has 0 saturated carbocycles. The predicted molar refractivity (Wildman–Crippen MR) is 83.6 cm³/mol. The van der Waals surface area contributed by atoms with Gasteiger partial charge in [-0.3, -0.25) is 0 Å². The van der Waals surface area contributed by atoms with E-state index in [2.05, 4.69) is 21.2 Å². The molecule has 1 fully saturated rings. The maximum Gasteiger partial charge on any atom is 0.127 e. The summed E-state index contributed by atoms with van der Waals surface area (Å²) in [5.74, 6) is 0. The van der Waals surface area contributed by atoms with Crippen LogP contribution in [0.1, 0.15) is 37.3 Å². The molecular weight excluding hydrogens is 328 g/mol. The van der Waals surface area contributed by atoms with Gasteiger partial charge in [0.25, 0.3) is 0 Å². The van der Waals surface area contributed by atoms with Crippen LogP contribution in [0, 0.1) is 12.3 Å². The van der Waals surface area contributed by atoms with E-state index in [0.29, 0.717) is 10.7 Å². The first-order valence-electron chi connectivity index (χ1n) is 6.43. The average Bonchev–Trinajstić information content (AvgIpc) is 2.37. The molecule has 0 aromatic heterocycles. The van der Waals surface area contributed by atoms with E-state index in [0.717, 1.165) is 40.7 Å². The van der Waals surface area contributed by atoms with Gasteiger partial charge in [0.15, 0.2) is 0 Å². The lowest BCUT2D eigenvalue weighted by molar-refractivity contribution is 0.0343. The Hall–Kier alpha value is -0.580. The van der Waals surface area contributed by atoms with E-state index in [9.17, 15) is 0 Å². The smallest absolute Gasteiger partial charge is 0.127 e. The molecule has 1 heterocycles. The number of aryl methyl sites for hydroxylation is 1. The van der Waals surface area contributed by atoms with Gasteiger partial charge >= 0.3 is 0 Å². The van der Waals surface area contributed by atoms with Gasteiger partial charge in [0, 0.05) is 28.0 Å². The van der Waals surface area contributed by atoms with Gasteiger partial charge in [-0.25, -0.2) is 0 Å². The number of anilines is 1. The van der Waals surface area contributed by atoms with Gasteiger partial charge in [0.2, 0.25) is 0 Å². The topological polar surface area (TPSA) is 45.1 Å². The molecule has 1 aromatic carbocycles. The zero-order chi connectivity index (χ0) is 14.0. The standard InChI is InChI=1S/C14H18BrClN2O/c1-8-7-10(18-11-5-3-4-6-19-11)12(9(2)17)13(15)14(8)16/h7,11,17-18H,3-6H2,1-2H3. The van der Waals surface area contributed by atoms with Gasteiger partial charge in [0.05, 0.1) is 5.02 Å². The van der Waals surface area contributed by atoms with E-state index in [4.69, 9.17) is 21.7 Å². The lowest BCUT2D eigenvalue weighted by Gasteiger charge is -2.26. The Bertz CT molecular complexity index is 499. The Morgan fingerprint density at radius 2 is 2.26 bits per heavy atom. The van der Waals surface area contributed by atoms with Crippen molar-refractivity contribution >= 4 is 38.9 Å². The SMILES string of the molecule is CC(=N)c1c(NC2CCCCO2)cc(C)c(Cl)c1Br. The number of hydrogen-bond donors (Lipinski definition) is 2. The number of halogens is 2. The highest BCUT2D eigenvalue weighted by molar-refractivity contribution is 9.10. The van der Waals surface area contributed by atoms with Crippen molar-refractivity contribution in [3.63, 3.8) is 0 Å². The summed E-state index contributed by atoms with van der Waals surface area (Å²) in [5, 5.41) is 12.0. The molecule has 104 valence electrons. The van der Waals surface area contributed by atoms with Crippen LogP contribution in [0.2, 0.25) is 5.02 Å². The fourth-order valence-corrected chi connectivity index (χ4v) is 3.23. The number of hydrogen-bond acceptors (Lipinski definition) is 3. The molecule has 19 heavy (non-hydrogen) atoms. The van der Waals surface area contributed by atoms with Crippen molar-refractivity contribution in [3.05, 3.63) is 26.7 Å². The lowest BCUT2D eigenvalue weighted by Crippen LogP contribution is -2.28. The molecule has 1 unspecified atom stereocenters. The summed E-state index contributed by atoms with van der Waals surface area (Å²) in [6, 6.07) is 1.98. The van der Waals surface area contributed by atoms with Crippen molar-refractivity contribution in [2.75, 3.05) is 11.9 Å². The van der Waals surface area contributed by atoms with E-state index in [1.54, 1.807) is 6.92 Å². The highest BCUT2D eigenvalue weighted by Gasteiger charge is 2.19. The first kappa shape index (κ1) is 14.8. The van der Waals surface area contributed by atoms with Gasteiger partial charge in [-0.2, -0.15) is 0 Å². The van der Waals surface area contributed by atoms with Crippen LogP contribution < -0.4 is 5.32 Å². The van der Waals surface area contributed by atoms with Crippen molar-refractivity contribution < 1.29 is 4.74 Å². The second-order valence-electron chi connectivity index (χ2n) is 4.87. The number of nitrogens with one attached hydrogen (secondary N) is 2. The third kappa shape index (κ3) is 3.30. The van der Waals surface area contributed by atoms with Crippen molar-refractivity contribution in [3.8, 4) is 0 Å². The highest BCUT2D eigenvalue weighted by Crippen LogP contribution is 2.36. The first-order chi connectivity index (χ1) is 9.00. The quantitative estimate of drug-likeness (QED) is 0.777. The Kier molecular flexibility index (Phi) is 4.87. The van der Waals surface area contributed by atoms with E-state index in [1.807, 2.05) is 13.0 Å². The average molecular weight is 346 g/mol. The van der Waals surface area contributed by atoms with Gasteiger partial charge in [-0.1, -0.05) is 11.6 Å². The van der Waals surface area contributed by atoms with Crippen LogP contribution in [0.3, 0.4) is 0 Å². The second-order valence-corrected chi connectivity index (χ2v) is 6.04. The fraction of sp³-hybridized carbons (Fsp3) is 0.500. The highest BCUT2D eigenvalue weighted by atomic mass is 79.9. The minimum atomic E-state index is 0.0272.